The summed E-state index contributed by atoms with van der Waals surface area (Å²) in [4.78, 5) is 15.8. The molecule has 27 heavy (non-hydrogen) atoms. The van der Waals surface area contributed by atoms with Crippen LogP contribution in [0.2, 0.25) is 0 Å². The number of amides is 1. The van der Waals surface area contributed by atoms with E-state index in [1.807, 2.05) is 48.5 Å². The third-order valence-corrected chi connectivity index (χ3v) is 5.56. The van der Waals surface area contributed by atoms with Crippen molar-refractivity contribution in [2.45, 2.75) is 18.2 Å². The summed E-state index contributed by atoms with van der Waals surface area (Å²) in [7, 11) is 0. The second kappa shape index (κ2) is 10.3. The molecule has 0 aromatic heterocycles. The Bertz CT molecular complexity index is 738. The smallest absolute Gasteiger partial charge is 0.248 e. The maximum Gasteiger partial charge on any atom is 0.248 e. The second-order valence-corrected chi connectivity index (χ2v) is 7.79. The Kier molecular flexibility index (Phi) is 7.51. The summed E-state index contributed by atoms with van der Waals surface area (Å²) in [5.41, 5.74) is 1.83. The van der Waals surface area contributed by atoms with Crippen molar-refractivity contribution in [2.75, 3.05) is 38.0 Å². The average Bonchev–Trinajstić information content (AvgIpc) is 2.70. The number of piperazine rings is 1. The molecule has 1 saturated heterocycles. The molecule has 0 atom stereocenters. The molecule has 1 N–H and O–H groups in total. The minimum Gasteiger partial charge on any atom is -0.323 e. The molecule has 0 saturated carbocycles. The van der Waals surface area contributed by atoms with Crippen LogP contribution in [0.3, 0.4) is 0 Å². The standard InChI is InChI=1S/C22H27N3OS/c1-2-14-24-15-17-25(18-16-24)27-21-11-9-20(10-12-21)23-22(26)13-8-19-6-4-3-5-7-19/h3-13H,2,14-18H2,1H3,(H,23,26)/b13-8+. The molecule has 4 nitrogen and oxygen atoms in total. The van der Waals surface area contributed by atoms with Gasteiger partial charge >= 0.3 is 0 Å². The molecule has 0 spiro atoms. The van der Waals surface area contributed by atoms with E-state index in [9.17, 15) is 4.79 Å². The van der Waals surface area contributed by atoms with Gasteiger partial charge < -0.3 is 10.2 Å². The molecule has 2 aromatic rings. The lowest BCUT2D eigenvalue weighted by atomic mass is 10.2. The molecule has 0 radical (unpaired) electrons. The van der Waals surface area contributed by atoms with Gasteiger partial charge in [-0.05, 0) is 60.8 Å². The zero-order chi connectivity index (χ0) is 18.9. The molecule has 1 aliphatic rings. The summed E-state index contributed by atoms with van der Waals surface area (Å²) >= 11 is 1.80. The number of nitrogens with one attached hydrogen (secondary N) is 1. The summed E-state index contributed by atoms with van der Waals surface area (Å²) in [5, 5.41) is 2.91. The van der Waals surface area contributed by atoms with Gasteiger partial charge in [-0.15, -0.1) is 0 Å². The zero-order valence-corrected chi connectivity index (χ0v) is 16.6. The predicted octanol–water partition coefficient (Wildman–Crippen LogP) is 4.37. The molecule has 5 heteroatoms. The molecule has 1 amide bonds. The van der Waals surface area contributed by atoms with Gasteiger partial charge in [0.25, 0.3) is 0 Å². The van der Waals surface area contributed by atoms with E-state index in [1.54, 1.807) is 18.0 Å². The van der Waals surface area contributed by atoms with Gasteiger partial charge in [-0.3, -0.25) is 4.79 Å². The van der Waals surface area contributed by atoms with Crippen LogP contribution in [0.4, 0.5) is 5.69 Å². The number of benzene rings is 2. The van der Waals surface area contributed by atoms with E-state index in [0.29, 0.717) is 0 Å². The number of carbonyl (C=O) groups excluding carboxylic acids is 1. The van der Waals surface area contributed by atoms with E-state index >= 15 is 0 Å². The molecule has 0 bridgehead atoms. The van der Waals surface area contributed by atoms with Crippen LogP contribution in [0.15, 0.2) is 65.6 Å². The van der Waals surface area contributed by atoms with Crippen LogP contribution in [0.5, 0.6) is 0 Å². The molecule has 1 heterocycles. The first kappa shape index (κ1) is 19.7. The predicted molar refractivity (Wildman–Crippen MR) is 115 cm³/mol. The van der Waals surface area contributed by atoms with Gasteiger partial charge in [0.1, 0.15) is 0 Å². The van der Waals surface area contributed by atoms with Gasteiger partial charge in [-0.2, -0.15) is 0 Å². The number of hydrogen-bond acceptors (Lipinski definition) is 4. The van der Waals surface area contributed by atoms with E-state index in [1.165, 1.54) is 17.9 Å². The van der Waals surface area contributed by atoms with E-state index in [2.05, 4.69) is 33.6 Å². The Labute approximate surface area is 166 Å². The summed E-state index contributed by atoms with van der Waals surface area (Å²) in [6.07, 6.45) is 4.60. The largest absolute Gasteiger partial charge is 0.323 e. The third kappa shape index (κ3) is 6.54. The minimum atomic E-state index is -0.119. The molecule has 0 unspecified atom stereocenters. The van der Waals surface area contributed by atoms with Gasteiger partial charge in [-0.25, -0.2) is 4.31 Å². The Morgan fingerprint density at radius 3 is 2.41 bits per heavy atom. The van der Waals surface area contributed by atoms with Crippen LogP contribution in [0.1, 0.15) is 18.9 Å². The van der Waals surface area contributed by atoms with E-state index in [4.69, 9.17) is 0 Å². The second-order valence-electron chi connectivity index (χ2n) is 6.62. The Morgan fingerprint density at radius 2 is 1.74 bits per heavy atom. The Hall–Kier alpha value is -2.08. The number of hydrogen-bond donors (Lipinski definition) is 1. The highest BCUT2D eigenvalue weighted by atomic mass is 32.2. The molecule has 3 rings (SSSR count). The van der Waals surface area contributed by atoms with Gasteiger partial charge in [0.15, 0.2) is 0 Å². The summed E-state index contributed by atoms with van der Waals surface area (Å²) in [5.74, 6) is -0.119. The fourth-order valence-electron chi connectivity index (χ4n) is 3.03. The maximum atomic E-state index is 12.1. The fourth-order valence-corrected chi connectivity index (χ4v) is 3.93. The molecular formula is C22H27N3OS. The first-order chi connectivity index (χ1) is 13.2. The summed E-state index contributed by atoms with van der Waals surface area (Å²) in [6.45, 7) is 7.90. The van der Waals surface area contributed by atoms with E-state index < -0.39 is 0 Å². The SMILES string of the molecule is CCCN1CCN(Sc2ccc(NC(=O)/C=C/c3ccccc3)cc2)CC1. The number of carbonyl (C=O) groups is 1. The van der Waals surface area contributed by atoms with Crippen LogP contribution >= 0.6 is 11.9 Å². The van der Waals surface area contributed by atoms with Gasteiger partial charge in [0.05, 0.1) is 0 Å². The average molecular weight is 382 g/mol. The van der Waals surface area contributed by atoms with Crippen molar-refractivity contribution in [3.8, 4) is 0 Å². The molecular weight excluding hydrogens is 354 g/mol. The van der Waals surface area contributed by atoms with Crippen LogP contribution in [-0.2, 0) is 4.79 Å². The quantitative estimate of drug-likeness (QED) is 0.570. The third-order valence-electron chi connectivity index (χ3n) is 4.45. The topological polar surface area (TPSA) is 35.6 Å². The lowest BCUT2D eigenvalue weighted by Gasteiger charge is -2.33. The van der Waals surface area contributed by atoms with Crippen LogP contribution in [0, 0.1) is 0 Å². The fraction of sp³-hybridized carbons (Fsp3) is 0.318. The minimum absolute atomic E-state index is 0.119. The number of rotatable bonds is 7. The normalized spacial score (nSPS) is 15.9. The van der Waals surface area contributed by atoms with Crippen molar-refractivity contribution < 1.29 is 4.79 Å². The van der Waals surface area contributed by atoms with Crippen molar-refractivity contribution in [3.05, 3.63) is 66.2 Å². The summed E-state index contributed by atoms with van der Waals surface area (Å²) < 4.78 is 2.42. The first-order valence-electron chi connectivity index (χ1n) is 9.52. The highest BCUT2D eigenvalue weighted by Gasteiger charge is 2.16. The Morgan fingerprint density at radius 1 is 1.04 bits per heavy atom. The van der Waals surface area contributed by atoms with Crippen molar-refractivity contribution >= 4 is 29.6 Å². The van der Waals surface area contributed by atoms with Crippen LogP contribution < -0.4 is 5.32 Å². The van der Waals surface area contributed by atoms with E-state index in [-0.39, 0.29) is 5.91 Å². The van der Waals surface area contributed by atoms with Crippen LogP contribution in [0.25, 0.3) is 6.08 Å². The van der Waals surface area contributed by atoms with Crippen molar-refractivity contribution in [1.29, 1.82) is 0 Å². The highest BCUT2D eigenvalue weighted by Crippen LogP contribution is 2.25. The van der Waals surface area contributed by atoms with Gasteiger partial charge in [-0.1, -0.05) is 37.3 Å². The van der Waals surface area contributed by atoms with Crippen molar-refractivity contribution in [1.82, 2.24) is 9.21 Å². The molecule has 0 aliphatic carbocycles. The number of anilines is 1. The number of nitrogens with zero attached hydrogens (tertiary/aromatic N) is 2. The highest BCUT2D eigenvalue weighted by molar-refractivity contribution is 7.97. The van der Waals surface area contributed by atoms with Crippen molar-refractivity contribution in [3.63, 3.8) is 0 Å². The van der Waals surface area contributed by atoms with E-state index in [0.717, 1.165) is 37.4 Å². The summed E-state index contributed by atoms with van der Waals surface area (Å²) in [6, 6.07) is 17.9. The molecule has 142 valence electrons. The zero-order valence-electron chi connectivity index (χ0n) is 15.8. The lowest BCUT2D eigenvalue weighted by molar-refractivity contribution is -0.111. The molecule has 2 aromatic carbocycles. The van der Waals surface area contributed by atoms with Crippen molar-refractivity contribution in [2.24, 2.45) is 0 Å². The van der Waals surface area contributed by atoms with Crippen LogP contribution in [-0.4, -0.2) is 47.8 Å². The molecule has 1 fully saturated rings. The first-order valence-corrected chi connectivity index (χ1v) is 10.3. The lowest BCUT2D eigenvalue weighted by Crippen LogP contribution is -2.43. The maximum absolute atomic E-state index is 12.1. The monoisotopic (exact) mass is 381 g/mol. The molecule has 1 aliphatic heterocycles. The van der Waals surface area contributed by atoms with Gasteiger partial charge in [0.2, 0.25) is 5.91 Å². The van der Waals surface area contributed by atoms with Gasteiger partial charge in [0, 0.05) is 42.8 Å². The Balaban J connectivity index is 1.46.